The third-order valence-electron chi connectivity index (χ3n) is 5.17. The van der Waals surface area contributed by atoms with Gasteiger partial charge >= 0.3 is 0 Å². The van der Waals surface area contributed by atoms with Gasteiger partial charge < -0.3 is 4.57 Å². The molecule has 0 saturated carbocycles. The predicted molar refractivity (Wildman–Crippen MR) is 108 cm³/mol. The van der Waals surface area contributed by atoms with Crippen molar-refractivity contribution in [3.63, 3.8) is 0 Å². The molecule has 1 heteroatoms. The molecule has 1 heterocycles. The Balaban J connectivity index is 1.77. The normalized spacial score (nSPS) is 11.6. The number of nitrogens with zero attached hydrogens (tertiary/aromatic N) is 1. The highest BCUT2D eigenvalue weighted by Gasteiger charge is 2.10. The Bertz CT molecular complexity index is 1230. The molecule has 0 radical (unpaired) electrons. The van der Waals surface area contributed by atoms with Crippen molar-refractivity contribution in [3.05, 3.63) is 84.9 Å². The molecule has 0 N–H and O–H groups in total. The molecule has 5 aromatic rings. The van der Waals surface area contributed by atoms with E-state index in [4.69, 9.17) is 0 Å². The van der Waals surface area contributed by atoms with E-state index in [0.717, 1.165) is 6.54 Å². The van der Waals surface area contributed by atoms with E-state index in [0.29, 0.717) is 0 Å². The second kappa shape index (κ2) is 5.49. The highest BCUT2D eigenvalue weighted by Crippen LogP contribution is 2.33. The van der Waals surface area contributed by atoms with Crippen LogP contribution < -0.4 is 0 Å². The van der Waals surface area contributed by atoms with Gasteiger partial charge in [0.05, 0.1) is 0 Å². The van der Waals surface area contributed by atoms with Crippen molar-refractivity contribution in [2.45, 2.75) is 13.5 Å². The highest BCUT2D eigenvalue weighted by atomic mass is 15.0. The molecule has 0 aliphatic rings. The van der Waals surface area contributed by atoms with Gasteiger partial charge in [-0.1, -0.05) is 66.7 Å². The minimum absolute atomic E-state index is 0.977. The van der Waals surface area contributed by atoms with Gasteiger partial charge in [0, 0.05) is 28.4 Å². The molecule has 5 rings (SSSR count). The maximum absolute atomic E-state index is 2.41. The van der Waals surface area contributed by atoms with Crippen LogP contribution in [0.3, 0.4) is 0 Å². The van der Waals surface area contributed by atoms with Crippen LogP contribution in [0.1, 0.15) is 6.92 Å². The Kier molecular flexibility index (Phi) is 3.14. The van der Waals surface area contributed by atoms with Crippen molar-refractivity contribution < 1.29 is 0 Å². The van der Waals surface area contributed by atoms with Gasteiger partial charge in [0.15, 0.2) is 0 Å². The summed E-state index contributed by atoms with van der Waals surface area (Å²) in [5.74, 6) is 0. The lowest BCUT2D eigenvalue weighted by Crippen LogP contribution is -1.92. The molecule has 0 atom stereocenters. The molecule has 0 amide bonds. The zero-order valence-corrected chi connectivity index (χ0v) is 14.2. The lowest BCUT2D eigenvalue weighted by atomic mass is 10.00. The summed E-state index contributed by atoms with van der Waals surface area (Å²) >= 11 is 0. The maximum Gasteiger partial charge on any atom is 0.0497 e. The van der Waals surface area contributed by atoms with Crippen LogP contribution in [0.25, 0.3) is 43.7 Å². The van der Waals surface area contributed by atoms with Crippen molar-refractivity contribution in [1.29, 1.82) is 0 Å². The number of aromatic nitrogens is 1. The summed E-state index contributed by atoms with van der Waals surface area (Å²) in [6.07, 6.45) is 0. The monoisotopic (exact) mass is 321 g/mol. The van der Waals surface area contributed by atoms with Crippen LogP contribution in [0.5, 0.6) is 0 Å². The van der Waals surface area contributed by atoms with Crippen molar-refractivity contribution in [3.8, 4) is 11.1 Å². The van der Waals surface area contributed by atoms with Crippen LogP contribution >= 0.6 is 0 Å². The van der Waals surface area contributed by atoms with Crippen molar-refractivity contribution in [1.82, 2.24) is 4.57 Å². The Morgan fingerprint density at radius 1 is 0.600 bits per heavy atom. The van der Waals surface area contributed by atoms with Crippen molar-refractivity contribution in [2.24, 2.45) is 0 Å². The van der Waals surface area contributed by atoms with Crippen LogP contribution in [0, 0.1) is 0 Å². The summed E-state index contributed by atoms with van der Waals surface area (Å²) in [6.45, 7) is 3.19. The molecule has 0 bridgehead atoms. The minimum atomic E-state index is 0.977. The van der Waals surface area contributed by atoms with Gasteiger partial charge in [-0.3, -0.25) is 0 Å². The molecule has 4 aromatic carbocycles. The zero-order valence-electron chi connectivity index (χ0n) is 14.2. The van der Waals surface area contributed by atoms with E-state index in [1.807, 2.05) is 0 Å². The van der Waals surface area contributed by atoms with Crippen molar-refractivity contribution in [2.75, 3.05) is 0 Å². The summed E-state index contributed by atoms with van der Waals surface area (Å²) in [4.78, 5) is 0. The highest BCUT2D eigenvalue weighted by molar-refractivity contribution is 6.09. The van der Waals surface area contributed by atoms with Crippen molar-refractivity contribution >= 4 is 32.6 Å². The summed E-state index contributed by atoms with van der Waals surface area (Å²) < 4.78 is 2.41. The summed E-state index contributed by atoms with van der Waals surface area (Å²) in [5.41, 5.74) is 5.18. The van der Waals surface area contributed by atoms with E-state index < -0.39 is 0 Å². The Labute approximate surface area is 147 Å². The number of hydrogen-bond acceptors (Lipinski definition) is 0. The van der Waals surface area contributed by atoms with Crippen LogP contribution in [-0.2, 0) is 6.54 Å². The molecular formula is C24H19N. The Morgan fingerprint density at radius 3 is 2.16 bits per heavy atom. The summed E-state index contributed by atoms with van der Waals surface area (Å²) in [6, 6.07) is 30.8. The van der Waals surface area contributed by atoms with Gasteiger partial charge in [-0.25, -0.2) is 0 Å². The first-order valence-corrected chi connectivity index (χ1v) is 8.85. The SMILES string of the molecule is CCn1c2ccccc2c2ccc(-c3ccc4ccccc4c3)cc21. The van der Waals surface area contributed by atoms with Crippen LogP contribution in [0.15, 0.2) is 84.9 Å². The number of rotatable bonds is 2. The van der Waals surface area contributed by atoms with Crippen LogP contribution in [-0.4, -0.2) is 4.57 Å². The van der Waals surface area contributed by atoms with Gasteiger partial charge in [-0.05, 0) is 47.0 Å². The first-order chi connectivity index (χ1) is 12.3. The van der Waals surface area contributed by atoms with E-state index in [-0.39, 0.29) is 0 Å². The largest absolute Gasteiger partial charge is 0.341 e. The van der Waals surface area contributed by atoms with Gasteiger partial charge in [0.2, 0.25) is 0 Å². The maximum atomic E-state index is 2.41. The average Bonchev–Trinajstić information content (AvgIpc) is 3.00. The van der Waals surface area contributed by atoms with Gasteiger partial charge in [0.25, 0.3) is 0 Å². The third-order valence-corrected chi connectivity index (χ3v) is 5.17. The fraction of sp³-hybridized carbons (Fsp3) is 0.0833. The topological polar surface area (TPSA) is 4.93 Å². The molecule has 0 unspecified atom stereocenters. The number of fused-ring (bicyclic) bond motifs is 4. The number of para-hydroxylation sites is 1. The second-order valence-corrected chi connectivity index (χ2v) is 6.56. The van der Waals surface area contributed by atoms with Gasteiger partial charge in [0.1, 0.15) is 0 Å². The Morgan fingerprint density at radius 2 is 1.28 bits per heavy atom. The fourth-order valence-electron chi connectivity index (χ4n) is 3.94. The molecule has 0 spiro atoms. The standard InChI is InChI=1S/C24H19N/c1-2-25-23-10-6-5-9-21(23)22-14-13-20(16-24(22)25)19-12-11-17-7-3-4-8-18(17)15-19/h3-16H,2H2,1H3. The second-order valence-electron chi connectivity index (χ2n) is 6.56. The minimum Gasteiger partial charge on any atom is -0.341 e. The molecule has 0 fully saturated rings. The lowest BCUT2D eigenvalue weighted by molar-refractivity contribution is 0.827. The average molecular weight is 321 g/mol. The van der Waals surface area contributed by atoms with Crippen LogP contribution in [0.2, 0.25) is 0 Å². The van der Waals surface area contributed by atoms with E-state index in [9.17, 15) is 0 Å². The molecule has 25 heavy (non-hydrogen) atoms. The summed E-state index contributed by atoms with van der Waals surface area (Å²) in [5, 5.41) is 5.25. The van der Waals surface area contributed by atoms with Crippen LogP contribution in [0.4, 0.5) is 0 Å². The molecule has 0 aliphatic carbocycles. The van der Waals surface area contributed by atoms with Gasteiger partial charge in [-0.2, -0.15) is 0 Å². The molecule has 1 nitrogen and oxygen atoms in total. The first kappa shape index (κ1) is 14.3. The number of hydrogen-bond donors (Lipinski definition) is 0. The molecule has 1 aromatic heterocycles. The number of benzene rings is 4. The summed E-state index contributed by atoms with van der Waals surface area (Å²) in [7, 11) is 0. The molecule has 120 valence electrons. The zero-order chi connectivity index (χ0) is 16.8. The van der Waals surface area contributed by atoms with E-state index in [2.05, 4.69) is 96.4 Å². The molecule has 0 saturated heterocycles. The van der Waals surface area contributed by atoms with E-state index in [1.54, 1.807) is 0 Å². The number of aryl methyl sites for hydroxylation is 1. The quantitative estimate of drug-likeness (QED) is 0.344. The first-order valence-electron chi connectivity index (χ1n) is 8.85. The smallest absolute Gasteiger partial charge is 0.0497 e. The van der Waals surface area contributed by atoms with E-state index >= 15 is 0 Å². The van der Waals surface area contributed by atoms with E-state index in [1.165, 1.54) is 43.7 Å². The Hall–Kier alpha value is -3.06. The fourth-order valence-corrected chi connectivity index (χ4v) is 3.94. The molecule has 0 aliphatic heterocycles. The lowest BCUT2D eigenvalue weighted by Gasteiger charge is -2.07. The molecular weight excluding hydrogens is 302 g/mol. The predicted octanol–water partition coefficient (Wildman–Crippen LogP) is 6.63. The van der Waals surface area contributed by atoms with Gasteiger partial charge in [-0.15, -0.1) is 0 Å². The third kappa shape index (κ3) is 2.16.